The molecule has 3 heterocycles. The third kappa shape index (κ3) is 5.12. The second kappa shape index (κ2) is 10.5. The molecular weight excluding hydrogens is 482 g/mol. The fourth-order valence-electron chi connectivity index (χ4n) is 4.09. The van der Waals surface area contributed by atoms with Crippen LogP contribution in [0.25, 0.3) is 0 Å². The summed E-state index contributed by atoms with van der Waals surface area (Å²) in [5.41, 5.74) is 13.6. The van der Waals surface area contributed by atoms with E-state index in [-0.39, 0.29) is 28.1 Å². The predicted octanol–water partition coefficient (Wildman–Crippen LogP) is 3.03. The number of furan rings is 1. The normalized spacial score (nSPS) is 16.0. The van der Waals surface area contributed by atoms with Gasteiger partial charge in [0, 0.05) is 18.8 Å². The molecule has 0 bridgehead atoms. The number of nitrogens with two attached hydrogens (primary N) is 2. The molecule has 1 aliphatic heterocycles. The summed E-state index contributed by atoms with van der Waals surface area (Å²) in [4.78, 5) is 40.7. The Morgan fingerprint density at radius 3 is 2.56 bits per heavy atom. The SMILES string of the molecule is Cc1ccc([C@@H](C(=O)NC[C@@H]2CCCO2)N(C(=O)c2snc(C(N)=O)c2N)c2ccc(C)c(C)c2)o1. The van der Waals surface area contributed by atoms with Gasteiger partial charge in [0.1, 0.15) is 16.4 Å². The van der Waals surface area contributed by atoms with Crippen molar-refractivity contribution < 1.29 is 23.5 Å². The third-order valence-corrected chi connectivity index (χ3v) is 7.06. The highest BCUT2D eigenvalue weighted by molar-refractivity contribution is 7.09. The summed E-state index contributed by atoms with van der Waals surface area (Å²) < 4.78 is 15.5. The molecule has 0 saturated carbocycles. The minimum atomic E-state index is -1.16. The van der Waals surface area contributed by atoms with E-state index in [0.29, 0.717) is 24.6 Å². The van der Waals surface area contributed by atoms with Gasteiger partial charge >= 0.3 is 0 Å². The highest BCUT2D eigenvalue weighted by Gasteiger charge is 2.38. The van der Waals surface area contributed by atoms with Gasteiger partial charge in [-0.15, -0.1) is 0 Å². The van der Waals surface area contributed by atoms with E-state index < -0.39 is 23.8 Å². The van der Waals surface area contributed by atoms with Gasteiger partial charge in [0.2, 0.25) is 0 Å². The highest BCUT2D eigenvalue weighted by atomic mass is 32.1. The number of ether oxygens (including phenoxy) is 1. The van der Waals surface area contributed by atoms with Crippen LogP contribution in [0.1, 0.15) is 61.7 Å². The molecule has 190 valence electrons. The first-order valence-corrected chi connectivity index (χ1v) is 12.4. The van der Waals surface area contributed by atoms with Crippen LogP contribution in [-0.4, -0.2) is 41.4 Å². The molecular formula is C25H29N5O5S. The van der Waals surface area contributed by atoms with Crippen molar-refractivity contribution in [2.75, 3.05) is 23.8 Å². The van der Waals surface area contributed by atoms with Gasteiger partial charge < -0.3 is 25.9 Å². The van der Waals surface area contributed by atoms with Crippen molar-refractivity contribution in [3.05, 3.63) is 63.6 Å². The predicted molar refractivity (Wildman–Crippen MR) is 136 cm³/mol. The van der Waals surface area contributed by atoms with Gasteiger partial charge in [-0.1, -0.05) is 6.07 Å². The molecule has 1 aromatic carbocycles. The van der Waals surface area contributed by atoms with Crippen LogP contribution in [0.4, 0.5) is 11.4 Å². The van der Waals surface area contributed by atoms with Crippen molar-refractivity contribution in [1.29, 1.82) is 0 Å². The van der Waals surface area contributed by atoms with E-state index in [1.807, 2.05) is 26.0 Å². The third-order valence-electron chi connectivity index (χ3n) is 6.21. The Bertz CT molecular complexity index is 1290. The Kier molecular flexibility index (Phi) is 7.41. The maximum absolute atomic E-state index is 14.0. The molecule has 3 amide bonds. The van der Waals surface area contributed by atoms with Gasteiger partial charge in [-0.05, 0) is 80.5 Å². The summed E-state index contributed by atoms with van der Waals surface area (Å²) >= 11 is 0.757. The number of rotatable bonds is 8. The number of carbonyl (C=O) groups is 3. The highest BCUT2D eigenvalue weighted by Crippen LogP contribution is 2.34. The van der Waals surface area contributed by atoms with Gasteiger partial charge in [0.15, 0.2) is 11.7 Å². The van der Waals surface area contributed by atoms with Crippen molar-refractivity contribution in [3.63, 3.8) is 0 Å². The Balaban J connectivity index is 1.81. The molecule has 10 nitrogen and oxygen atoms in total. The van der Waals surface area contributed by atoms with Crippen LogP contribution in [-0.2, 0) is 9.53 Å². The van der Waals surface area contributed by atoms with E-state index in [0.717, 1.165) is 35.5 Å². The number of nitrogens with one attached hydrogen (secondary N) is 1. The molecule has 3 aromatic rings. The van der Waals surface area contributed by atoms with Gasteiger partial charge in [-0.25, -0.2) is 0 Å². The second-order valence-corrected chi connectivity index (χ2v) is 9.59. The Labute approximate surface area is 212 Å². The molecule has 0 spiro atoms. The van der Waals surface area contributed by atoms with E-state index in [2.05, 4.69) is 9.69 Å². The number of hydrogen-bond acceptors (Lipinski definition) is 8. The quantitative estimate of drug-likeness (QED) is 0.420. The standard InChI is InChI=1S/C25H29N5O5S/c1-13-6-8-16(11-14(13)2)30(25(33)22-19(26)20(23(27)31)29-36-22)21(18-9-7-15(3)35-18)24(32)28-12-17-5-4-10-34-17/h6-9,11,17,21H,4-5,10,12,26H2,1-3H3,(H2,27,31)(H,28,32)/t17-,21-/m0/s1. The van der Waals surface area contributed by atoms with Crippen molar-refractivity contribution in [2.45, 2.75) is 45.8 Å². The van der Waals surface area contributed by atoms with Crippen molar-refractivity contribution >= 4 is 40.6 Å². The number of carbonyl (C=O) groups excluding carboxylic acids is 3. The van der Waals surface area contributed by atoms with Crippen LogP contribution in [0, 0.1) is 20.8 Å². The number of aromatic nitrogens is 1. The molecule has 11 heteroatoms. The van der Waals surface area contributed by atoms with E-state index in [4.69, 9.17) is 20.6 Å². The summed E-state index contributed by atoms with van der Waals surface area (Å²) in [5.74, 6) is -1.02. The first-order chi connectivity index (χ1) is 17.2. The molecule has 2 atom stereocenters. The molecule has 1 aliphatic rings. The van der Waals surface area contributed by atoms with Crippen LogP contribution < -0.4 is 21.7 Å². The van der Waals surface area contributed by atoms with Crippen LogP contribution in [0.5, 0.6) is 0 Å². The largest absolute Gasteiger partial charge is 0.464 e. The zero-order valence-corrected chi connectivity index (χ0v) is 21.2. The monoisotopic (exact) mass is 511 g/mol. The fourth-order valence-corrected chi connectivity index (χ4v) is 4.83. The number of aryl methyl sites for hydroxylation is 3. The number of benzene rings is 1. The minimum absolute atomic E-state index is 0.00207. The second-order valence-electron chi connectivity index (χ2n) is 8.81. The number of nitrogen functional groups attached to an aromatic ring is 1. The van der Waals surface area contributed by atoms with E-state index in [1.165, 1.54) is 4.90 Å². The Hall–Kier alpha value is -3.70. The van der Waals surface area contributed by atoms with Gasteiger partial charge in [0.25, 0.3) is 17.7 Å². The van der Waals surface area contributed by atoms with Gasteiger partial charge in [0.05, 0.1) is 11.8 Å². The Morgan fingerprint density at radius 2 is 1.97 bits per heavy atom. The summed E-state index contributed by atoms with van der Waals surface area (Å²) in [6.07, 6.45) is 1.69. The maximum Gasteiger partial charge on any atom is 0.273 e. The van der Waals surface area contributed by atoms with Crippen molar-refractivity contribution in [1.82, 2.24) is 9.69 Å². The molecule has 36 heavy (non-hydrogen) atoms. The molecule has 0 unspecified atom stereocenters. The lowest BCUT2D eigenvalue weighted by atomic mass is 10.1. The summed E-state index contributed by atoms with van der Waals surface area (Å²) in [6.45, 7) is 6.58. The summed E-state index contributed by atoms with van der Waals surface area (Å²) in [7, 11) is 0. The summed E-state index contributed by atoms with van der Waals surface area (Å²) in [6, 6.07) is 7.67. The molecule has 2 aromatic heterocycles. The smallest absolute Gasteiger partial charge is 0.273 e. The number of hydrogen-bond donors (Lipinski definition) is 3. The molecule has 1 saturated heterocycles. The van der Waals surface area contributed by atoms with E-state index in [1.54, 1.807) is 25.1 Å². The topological polar surface area (TPSA) is 154 Å². The van der Waals surface area contributed by atoms with E-state index >= 15 is 0 Å². The number of amides is 3. The maximum atomic E-state index is 14.0. The lowest BCUT2D eigenvalue weighted by Gasteiger charge is -2.30. The molecule has 5 N–H and O–H groups in total. The lowest BCUT2D eigenvalue weighted by molar-refractivity contribution is -0.123. The number of primary amides is 1. The van der Waals surface area contributed by atoms with Crippen molar-refractivity contribution in [3.8, 4) is 0 Å². The molecule has 4 rings (SSSR count). The first-order valence-electron chi connectivity index (χ1n) is 11.6. The van der Waals surface area contributed by atoms with Gasteiger partial charge in [-0.2, -0.15) is 4.37 Å². The average Bonchev–Trinajstić information content (AvgIpc) is 3.59. The van der Waals surface area contributed by atoms with Gasteiger partial charge in [-0.3, -0.25) is 19.3 Å². The van der Waals surface area contributed by atoms with Crippen LogP contribution in [0.3, 0.4) is 0 Å². The van der Waals surface area contributed by atoms with Crippen LogP contribution in [0.15, 0.2) is 34.7 Å². The average molecular weight is 512 g/mol. The Morgan fingerprint density at radius 1 is 1.19 bits per heavy atom. The molecule has 0 radical (unpaired) electrons. The van der Waals surface area contributed by atoms with E-state index in [9.17, 15) is 14.4 Å². The zero-order chi connectivity index (χ0) is 26.0. The number of nitrogens with zero attached hydrogens (tertiary/aromatic N) is 2. The van der Waals surface area contributed by atoms with Crippen molar-refractivity contribution in [2.24, 2.45) is 5.73 Å². The molecule has 1 fully saturated rings. The first kappa shape index (κ1) is 25.4. The molecule has 0 aliphatic carbocycles. The zero-order valence-electron chi connectivity index (χ0n) is 20.4. The minimum Gasteiger partial charge on any atom is -0.464 e. The number of anilines is 2. The lowest BCUT2D eigenvalue weighted by Crippen LogP contribution is -2.45. The van der Waals surface area contributed by atoms with Crippen LogP contribution >= 0.6 is 11.5 Å². The van der Waals surface area contributed by atoms with Crippen LogP contribution in [0.2, 0.25) is 0 Å². The fraction of sp³-hybridized carbons (Fsp3) is 0.360. The summed E-state index contributed by atoms with van der Waals surface area (Å²) in [5, 5.41) is 2.92.